The van der Waals surface area contributed by atoms with E-state index in [1.54, 1.807) is 0 Å². The predicted octanol–water partition coefficient (Wildman–Crippen LogP) is 28.4. The van der Waals surface area contributed by atoms with E-state index < -0.39 is 0 Å². The molecule has 0 atom stereocenters. The van der Waals surface area contributed by atoms with Gasteiger partial charge in [0, 0.05) is 77.9 Å². The van der Waals surface area contributed by atoms with Crippen LogP contribution >= 0.6 is 0 Å². The van der Waals surface area contributed by atoms with Crippen molar-refractivity contribution in [3.05, 3.63) is 467 Å². The molecule has 0 saturated heterocycles. The minimum Gasteiger partial charge on any atom is -0.309 e. The molecule has 0 N–H and O–H groups in total. The van der Waals surface area contributed by atoms with Gasteiger partial charge in [0.05, 0.1) is 67.9 Å². The number of aromatic nitrogens is 9. The molecular formula is C111H81N9. The molecule has 23 aromatic rings. The van der Waals surface area contributed by atoms with Gasteiger partial charge in [-0.2, -0.15) is 0 Å². The Labute approximate surface area is 696 Å². The Balaban J connectivity index is 0.000000113. The molecule has 0 radical (unpaired) electrons. The van der Waals surface area contributed by atoms with Crippen LogP contribution in [0.1, 0.15) is 11.1 Å². The summed E-state index contributed by atoms with van der Waals surface area (Å²) >= 11 is 0. The Morgan fingerprint density at radius 1 is 0.183 bits per heavy atom. The Morgan fingerprint density at radius 2 is 0.508 bits per heavy atom. The highest BCUT2D eigenvalue weighted by Gasteiger charge is 2.21. The summed E-state index contributed by atoms with van der Waals surface area (Å²) in [5.74, 6) is 2.32. The summed E-state index contributed by atoms with van der Waals surface area (Å²) in [4.78, 5) is 24.2. The first-order chi connectivity index (χ1) is 59.4. The monoisotopic (exact) mass is 1540 g/mol. The van der Waals surface area contributed by atoms with Gasteiger partial charge in [0.2, 0.25) is 5.95 Å². The number of hydrogen-bond donors (Lipinski definition) is 0. The third-order valence-electron chi connectivity index (χ3n) is 22.0. The molecule has 16 aromatic carbocycles. The number of benzene rings is 16. The van der Waals surface area contributed by atoms with Crippen LogP contribution in [0.25, 0.3) is 178 Å². The van der Waals surface area contributed by atoms with Gasteiger partial charge in [-0.1, -0.05) is 351 Å². The summed E-state index contributed by atoms with van der Waals surface area (Å²) in [5, 5.41) is 9.86. The maximum absolute atomic E-state index is 5.32. The first kappa shape index (κ1) is 74.2. The average Bonchev–Trinajstić information content (AvgIpc) is 1.60. The molecule has 9 nitrogen and oxygen atoms in total. The standard InChI is InChI=1S/C41H27N3.C34H23N3.C23H17N3.C7H8.C6H6/c1-2-12-28(13-3-1)30-26-36(42-41(27-30)44-39-20-10-6-16-34(39)35-17-7-11-21-40(35)44)29-22-24-31(25-23-29)43-37-18-8-4-14-32(37)33-15-5-9-19-38(33)43;1-4-10-24(11-5-1)27-16-18-32-30(20-27)31-21-28(25-12-6-2-7-13-25)17-19-33(31)37(32)34-35-22-29(23-36-34)26-14-8-3-9-15-26;1-16-11-12-22-20(13-16)19-9-5-6-10-21(19)26(22)18-14-24-23(25-15-18)17-7-3-2-4-8-17;1-7-5-3-2-4-6-7;1-2-4-6-5-3-1/h1-27H;1-23H;2-15H,1H3;2-6H,1H3;1-6H. The van der Waals surface area contributed by atoms with Gasteiger partial charge in [0.1, 0.15) is 5.82 Å². The van der Waals surface area contributed by atoms with Crippen molar-refractivity contribution < 1.29 is 0 Å². The topological polar surface area (TPSA) is 84.2 Å². The molecule has 570 valence electrons. The van der Waals surface area contributed by atoms with Crippen molar-refractivity contribution in [1.82, 2.24) is 43.2 Å². The Morgan fingerprint density at radius 3 is 0.942 bits per heavy atom. The zero-order chi connectivity index (χ0) is 80.5. The molecule has 7 aromatic heterocycles. The van der Waals surface area contributed by atoms with Crippen LogP contribution in [0, 0.1) is 13.8 Å². The van der Waals surface area contributed by atoms with E-state index in [9.17, 15) is 0 Å². The lowest BCUT2D eigenvalue weighted by atomic mass is 10.0. The number of nitrogens with zero attached hydrogens (tertiary/aromatic N) is 9. The van der Waals surface area contributed by atoms with Gasteiger partial charge < -0.3 is 9.13 Å². The summed E-state index contributed by atoms with van der Waals surface area (Å²) in [6, 6.07) is 150. The van der Waals surface area contributed by atoms with Gasteiger partial charge >= 0.3 is 0 Å². The van der Waals surface area contributed by atoms with Crippen molar-refractivity contribution in [2.45, 2.75) is 13.8 Å². The third-order valence-corrected chi connectivity index (χ3v) is 22.0. The molecule has 0 bridgehead atoms. The smallest absolute Gasteiger partial charge is 0.234 e. The van der Waals surface area contributed by atoms with Gasteiger partial charge in [-0.25, -0.2) is 24.9 Å². The van der Waals surface area contributed by atoms with Crippen molar-refractivity contribution in [3.63, 3.8) is 0 Å². The molecule has 120 heavy (non-hydrogen) atoms. The SMILES string of the molecule is Cc1ccc2c(c1)c1ccccc1n2-c1cnc(-c2ccccc2)nc1.Cc1ccccc1.c1ccc(-c2cc(-c3ccc(-n4c5ccccc5c5ccccc54)cc3)nc(-n3c4ccccc4c4ccccc43)c2)cc1.c1ccc(-c2cnc(-n3c4ccc(-c5ccccc5)cc4c4cc(-c5ccccc5)ccc43)nc2)cc1.c1ccccc1. The van der Waals surface area contributed by atoms with Gasteiger partial charge in [0.25, 0.3) is 0 Å². The maximum Gasteiger partial charge on any atom is 0.234 e. The van der Waals surface area contributed by atoms with Crippen LogP contribution in [0.4, 0.5) is 0 Å². The Bertz CT molecular complexity index is 7250. The van der Waals surface area contributed by atoms with E-state index in [0.717, 1.165) is 78.6 Å². The van der Waals surface area contributed by atoms with Gasteiger partial charge in [0.15, 0.2) is 5.82 Å². The molecule has 0 aliphatic carbocycles. The predicted molar refractivity (Wildman–Crippen MR) is 501 cm³/mol. The van der Waals surface area contributed by atoms with Crippen LogP contribution in [-0.4, -0.2) is 43.2 Å². The van der Waals surface area contributed by atoms with E-state index in [0.29, 0.717) is 5.95 Å². The summed E-state index contributed by atoms with van der Waals surface area (Å²) < 4.78 is 9.06. The molecule has 23 rings (SSSR count). The van der Waals surface area contributed by atoms with Crippen LogP contribution in [0.5, 0.6) is 0 Å². The molecule has 0 amide bonds. The van der Waals surface area contributed by atoms with E-state index in [1.807, 2.05) is 128 Å². The Kier molecular flexibility index (Phi) is 20.9. The van der Waals surface area contributed by atoms with E-state index >= 15 is 0 Å². The normalized spacial score (nSPS) is 11.1. The highest BCUT2D eigenvalue weighted by atomic mass is 15.2. The fourth-order valence-electron chi connectivity index (χ4n) is 16.3. The summed E-state index contributed by atoms with van der Waals surface area (Å²) in [6.07, 6.45) is 7.63. The molecule has 0 saturated carbocycles. The number of rotatable bonds is 10. The second-order valence-corrected chi connectivity index (χ2v) is 29.7. The lowest BCUT2D eigenvalue weighted by molar-refractivity contribution is 0.990. The van der Waals surface area contributed by atoms with Crippen molar-refractivity contribution >= 4 is 87.2 Å². The molecule has 7 heterocycles. The maximum atomic E-state index is 5.32. The fraction of sp³-hybridized carbons (Fsp3) is 0.0180. The highest BCUT2D eigenvalue weighted by molar-refractivity contribution is 6.13. The summed E-state index contributed by atoms with van der Waals surface area (Å²) in [5.41, 5.74) is 26.2. The summed E-state index contributed by atoms with van der Waals surface area (Å²) in [6.45, 7) is 4.21. The molecule has 0 aliphatic rings. The number of para-hydroxylation sites is 5. The lowest BCUT2D eigenvalue weighted by Crippen LogP contribution is -2.00. The van der Waals surface area contributed by atoms with Crippen molar-refractivity contribution in [1.29, 1.82) is 0 Å². The number of pyridine rings is 1. The quantitative estimate of drug-likeness (QED) is 0.136. The van der Waals surface area contributed by atoms with Crippen LogP contribution < -0.4 is 0 Å². The molecule has 0 spiro atoms. The van der Waals surface area contributed by atoms with E-state index in [4.69, 9.17) is 15.0 Å². The second kappa shape index (κ2) is 33.8. The van der Waals surface area contributed by atoms with Crippen molar-refractivity contribution in [3.8, 4) is 90.3 Å². The van der Waals surface area contributed by atoms with Gasteiger partial charge in [-0.05, 0) is 144 Å². The zero-order valence-corrected chi connectivity index (χ0v) is 66.3. The zero-order valence-electron chi connectivity index (χ0n) is 66.3. The largest absolute Gasteiger partial charge is 0.309 e. The first-order valence-corrected chi connectivity index (χ1v) is 40.5. The third kappa shape index (κ3) is 15.2. The van der Waals surface area contributed by atoms with Gasteiger partial charge in [-0.3, -0.25) is 9.13 Å². The molecule has 0 fully saturated rings. The fourth-order valence-corrected chi connectivity index (χ4v) is 16.3. The van der Waals surface area contributed by atoms with Crippen molar-refractivity contribution in [2.75, 3.05) is 0 Å². The lowest BCUT2D eigenvalue weighted by Gasteiger charge is -2.14. The number of hydrogen-bond acceptors (Lipinski definition) is 5. The molecule has 0 unspecified atom stereocenters. The van der Waals surface area contributed by atoms with Crippen LogP contribution in [0.2, 0.25) is 0 Å². The van der Waals surface area contributed by atoms with Crippen LogP contribution in [0.15, 0.2) is 455 Å². The van der Waals surface area contributed by atoms with Crippen LogP contribution in [-0.2, 0) is 0 Å². The summed E-state index contributed by atoms with van der Waals surface area (Å²) in [7, 11) is 0. The van der Waals surface area contributed by atoms with Gasteiger partial charge in [-0.15, -0.1) is 0 Å². The van der Waals surface area contributed by atoms with Crippen molar-refractivity contribution in [2.24, 2.45) is 0 Å². The highest BCUT2D eigenvalue weighted by Crippen LogP contribution is 2.41. The van der Waals surface area contributed by atoms with Crippen LogP contribution in [0.3, 0.4) is 0 Å². The average molecular weight is 1540 g/mol. The molecule has 0 aliphatic heterocycles. The molecular weight excluding hydrogens is 1460 g/mol. The van der Waals surface area contributed by atoms with E-state index in [2.05, 4.69) is 370 Å². The molecule has 9 heteroatoms. The second-order valence-electron chi connectivity index (χ2n) is 29.7. The minimum absolute atomic E-state index is 0.666. The Hall–Kier alpha value is -16.0. The minimum atomic E-state index is 0.666. The van der Waals surface area contributed by atoms with E-state index in [-0.39, 0.29) is 0 Å². The number of aryl methyl sites for hydroxylation is 2. The van der Waals surface area contributed by atoms with E-state index in [1.165, 1.54) is 104 Å². The first-order valence-electron chi connectivity index (χ1n) is 40.5. The number of fused-ring (bicyclic) bond motifs is 12.